The Morgan fingerprint density at radius 1 is 1.00 bits per heavy atom. The van der Waals surface area contributed by atoms with Gasteiger partial charge in [0.1, 0.15) is 0 Å². The summed E-state index contributed by atoms with van der Waals surface area (Å²) in [6, 6.07) is 13.2. The van der Waals surface area contributed by atoms with Crippen LogP contribution in [-0.2, 0) is 6.54 Å². The number of fused-ring (bicyclic) bond motifs is 1. The molecule has 0 fully saturated rings. The summed E-state index contributed by atoms with van der Waals surface area (Å²) in [5.74, 6) is -0.999. The molecule has 28 heavy (non-hydrogen) atoms. The van der Waals surface area contributed by atoms with E-state index in [-0.39, 0.29) is 17.7 Å². The maximum absolute atomic E-state index is 12.6. The third-order valence-electron chi connectivity index (χ3n) is 4.60. The molecule has 0 radical (unpaired) electrons. The summed E-state index contributed by atoms with van der Waals surface area (Å²) in [7, 11) is 0. The highest BCUT2D eigenvalue weighted by atomic mass is 16.2. The second-order valence-corrected chi connectivity index (χ2v) is 6.45. The molecule has 0 unspecified atom stereocenters. The highest BCUT2D eigenvalue weighted by Gasteiger charge is 2.36. The number of benzene rings is 2. The molecule has 0 bridgehead atoms. The minimum absolute atomic E-state index is 0.246. The Balaban J connectivity index is 1.44. The molecule has 7 nitrogen and oxygen atoms in total. The molecule has 140 valence electrons. The Kier molecular flexibility index (Phi) is 4.72. The van der Waals surface area contributed by atoms with Crippen molar-refractivity contribution in [3.05, 3.63) is 83.9 Å². The number of carbonyl (C=O) groups excluding carboxylic acids is 3. The van der Waals surface area contributed by atoms with Crippen LogP contribution < -0.4 is 10.2 Å². The van der Waals surface area contributed by atoms with Crippen LogP contribution >= 0.6 is 0 Å². The summed E-state index contributed by atoms with van der Waals surface area (Å²) in [6.07, 6.45) is 6.07. The smallest absolute Gasteiger partial charge is 0.266 e. The van der Waals surface area contributed by atoms with Gasteiger partial charge in [0.25, 0.3) is 17.7 Å². The molecule has 1 N–H and O–H groups in total. The molecule has 2 heterocycles. The number of amides is 3. The van der Waals surface area contributed by atoms with Gasteiger partial charge in [0, 0.05) is 31.0 Å². The predicted molar refractivity (Wildman–Crippen MR) is 103 cm³/mol. The van der Waals surface area contributed by atoms with E-state index in [1.165, 1.54) is 0 Å². The van der Waals surface area contributed by atoms with Gasteiger partial charge in [0.2, 0.25) is 0 Å². The number of carbonyl (C=O) groups is 3. The zero-order chi connectivity index (χ0) is 19.5. The summed E-state index contributed by atoms with van der Waals surface area (Å²) < 4.78 is 1.94. The maximum Gasteiger partial charge on any atom is 0.266 e. The second-order valence-electron chi connectivity index (χ2n) is 6.45. The number of hydrogen-bond donors (Lipinski definition) is 1. The molecule has 0 saturated carbocycles. The fraction of sp³-hybridized carbons (Fsp3) is 0.143. The number of imidazole rings is 1. The van der Waals surface area contributed by atoms with Crippen molar-refractivity contribution in [2.24, 2.45) is 0 Å². The lowest BCUT2D eigenvalue weighted by atomic mass is 10.1. The van der Waals surface area contributed by atoms with Crippen LogP contribution in [0.2, 0.25) is 0 Å². The number of aryl methyl sites for hydroxylation is 1. The Labute approximate surface area is 161 Å². The van der Waals surface area contributed by atoms with E-state index in [0.29, 0.717) is 28.9 Å². The monoisotopic (exact) mass is 374 g/mol. The third-order valence-corrected chi connectivity index (χ3v) is 4.60. The minimum atomic E-state index is -0.376. The van der Waals surface area contributed by atoms with Crippen LogP contribution in [0.4, 0.5) is 5.69 Å². The lowest BCUT2D eigenvalue weighted by molar-refractivity contribution is 0.0919. The van der Waals surface area contributed by atoms with Gasteiger partial charge >= 0.3 is 0 Å². The molecule has 0 atom stereocenters. The molecule has 0 saturated heterocycles. The molecule has 1 aliphatic rings. The Hall–Kier alpha value is -3.74. The fourth-order valence-corrected chi connectivity index (χ4v) is 3.19. The van der Waals surface area contributed by atoms with E-state index in [9.17, 15) is 14.4 Å². The van der Waals surface area contributed by atoms with E-state index in [1.54, 1.807) is 61.1 Å². The normalized spacial score (nSPS) is 12.9. The fourth-order valence-electron chi connectivity index (χ4n) is 3.19. The summed E-state index contributed by atoms with van der Waals surface area (Å²) in [4.78, 5) is 42.7. The van der Waals surface area contributed by atoms with Gasteiger partial charge in [0.05, 0.1) is 23.1 Å². The van der Waals surface area contributed by atoms with E-state index >= 15 is 0 Å². The van der Waals surface area contributed by atoms with Crippen molar-refractivity contribution < 1.29 is 14.4 Å². The van der Waals surface area contributed by atoms with Crippen molar-refractivity contribution in [3.8, 4) is 0 Å². The molecule has 3 aromatic rings. The van der Waals surface area contributed by atoms with E-state index in [1.807, 2.05) is 10.8 Å². The van der Waals surface area contributed by atoms with Gasteiger partial charge in [-0.05, 0) is 36.8 Å². The lowest BCUT2D eigenvalue weighted by Gasteiger charge is -2.15. The first-order valence-electron chi connectivity index (χ1n) is 8.97. The number of imide groups is 1. The number of anilines is 1. The van der Waals surface area contributed by atoms with Crippen molar-refractivity contribution in [3.63, 3.8) is 0 Å². The Morgan fingerprint density at radius 2 is 1.75 bits per heavy atom. The van der Waals surface area contributed by atoms with Gasteiger partial charge in [0.15, 0.2) is 0 Å². The van der Waals surface area contributed by atoms with Crippen molar-refractivity contribution in [1.29, 1.82) is 0 Å². The summed E-state index contributed by atoms with van der Waals surface area (Å²) in [5, 5.41) is 2.86. The summed E-state index contributed by atoms with van der Waals surface area (Å²) in [5.41, 5.74) is 1.54. The van der Waals surface area contributed by atoms with Crippen LogP contribution in [0.3, 0.4) is 0 Å². The first kappa shape index (κ1) is 17.7. The van der Waals surface area contributed by atoms with Crippen molar-refractivity contribution >= 4 is 23.4 Å². The summed E-state index contributed by atoms with van der Waals surface area (Å²) in [6.45, 7) is 1.27. The average Bonchev–Trinajstić information content (AvgIpc) is 3.32. The van der Waals surface area contributed by atoms with Crippen LogP contribution in [0.25, 0.3) is 0 Å². The third kappa shape index (κ3) is 3.29. The highest BCUT2D eigenvalue weighted by molar-refractivity contribution is 6.34. The Morgan fingerprint density at radius 3 is 2.43 bits per heavy atom. The highest BCUT2D eigenvalue weighted by Crippen LogP contribution is 2.28. The zero-order valence-electron chi connectivity index (χ0n) is 15.0. The standard InChI is InChI=1S/C21H18N4O3/c26-19(23-9-4-11-24-12-10-22-14-24)15-5-3-6-16(13-15)25-20(27)17-7-1-2-8-18(17)21(25)28/h1-3,5-8,10,12-14H,4,9,11H2,(H,23,26). The molecular formula is C21H18N4O3. The lowest BCUT2D eigenvalue weighted by Crippen LogP contribution is -2.30. The first-order valence-corrected chi connectivity index (χ1v) is 8.97. The van der Waals surface area contributed by atoms with Gasteiger partial charge in [-0.3, -0.25) is 14.4 Å². The number of nitrogens with zero attached hydrogens (tertiary/aromatic N) is 3. The van der Waals surface area contributed by atoms with Gasteiger partial charge in [-0.25, -0.2) is 9.88 Å². The SMILES string of the molecule is O=C(NCCCn1ccnc1)c1cccc(N2C(=O)c3ccccc3C2=O)c1. The molecule has 4 rings (SSSR count). The number of hydrogen-bond acceptors (Lipinski definition) is 4. The molecule has 1 aliphatic heterocycles. The molecule has 7 heteroatoms. The van der Waals surface area contributed by atoms with E-state index in [2.05, 4.69) is 10.3 Å². The molecule has 3 amide bonds. The Bertz CT molecular complexity index is 1010. The van der Waals surface area contributed by atoms with Crippen LogP contribution in [-0.4, -0.2) is 33.8 Å². The molecular weight excluding hydrogens is 356 g/mol. The summed E-state index contributed by atoms with van der Waals surface area (Å²) >= 11 is 0. The molecule has 0 spiro atoms. The molecule has 2 aromatic carbocycles. The van der Waals surface area contributed by atoms with Crippen LogP contribution in [0, 0.1) is 0 Å². The second kappa shape index (κ2) is 7.48. The van der Waals surface area contributed by atoms with Gasteiger partial charge < -0.3 is 9.88 Å². The first-order chi connectivity index (χ1) is 13.6. The number of nitrogens with one attached hydrogen (secondary N) is 1. The topological polar surface area (TPSA) is 84.3 Å². The maximum atomic E-state index is 12.6. The zero-order valence-corrected chi connectivity index (χ0v) is 15.0. The van der Waals surface area contributed by atoms with Gasteiger partial charge in [-0.1, -0.05) is 18.2 Å². The van der Waals surface area contributed by atoms with Crippen LogP contribution in [0.15, 0.2) is 67.3 Å². The van der Waals surface area contributed by atoms with Crippen LogP contribution in [0.5, 0.6) is 0 Å². The number of rotatable bonds is 6. The van der Waals surface area contributed by atoms with Crippen molar-refractivity contribution in [2.45, 2.75) is 13.0 Å². The molecule has 0 aliphatic carbocycles. The number of aromatic nitrogens is 2. The van der Waals surface area contributed by atoms with Gasteiger partial charge in [-0.15, -0.1) is 0 Å². The molecule has 1 aromatic heterocycles. The van der Waals surface area contributed by atoms with E-state index in [0.717, 1.165) is 17.9 Å². The van der Waals surface area contributed by atoms with E-state index < -0.39 is 0 Å². The van der Waals surface area contributed by atoms with E-state index in [4.69, 9.17) is 0 Å². The predicted octanol–water partition coefficient (Wildman–Crippen LogP) is 2.50. The van der Waals surface area contributed by atoms with Gasteiger partial charge in [-0.2, -0.15) is 0 Å². The average molecular weight is 374 g/mol. The van der Waals surface area contributed by atoms with Crippen molar-refractivity contribution in [2.75, 3.05) is 11.4 Å². The van der Waals surface area contributed by atoms with Crippen LogP contribution in [0.1, 0.15) is 37.5 Å². The van der Waals surface area contributed by atoms with Crippen molar-refractivity contribution in [1.82, 2.24) is 14.9 Å². The quantitative estimate of drug-likeness (QED) is 0.531. The largest absolute Gasteiger partial charge is 0.352 e. The minimum Gasteiger partial charge on any atom is -0.352 e.